The van der Waals surface area contributed by atoms with Gasteiger partial charge < -0.3 is 5.32 Å². The Labute approximate surface area is 110 Å². The third kappa shape index (κ3) is 1.75. The highest BCUT2D eigenvalue weighted by Gasteiger charge is 2.30. The zero-order valence-electron chi connectivity index (χ0n) is 9.75. The molecule has 3 nitrogen and oxygen atoms in total. The van der Waals surface area contributed by atoms with Crippen LogP contribution in [0.15, 0.2) is 23.8 Å². The fourth-order valence-electron chi connectivity index (χ4n) is 2.58. The van der Waals surface area contributed by atoms with Crippen molar-refractivity contribution < 1.29 is 9.59 Å². The second kappa shape index (κ2) is 4.25. The van der Waals surface area contributed by atoms with E-state index in [2.05, 4.69) is 5.32 Å². The minimum atomic E-state index is -0.183. The average molecular weight is 262 g/mol. The Morgan fingerprint density at radius 2 is 1.89 bits per heavy atom. The fraction of sp³-hybridized carbons (Fsp3) is 0.286. The molecular weight excluding hydrogens is 250 g/mol. The molecule has 0 radical (unpaired) electrons. The lowest BCUT2D eigenvalue weighted by Gasteiger charge is -2.14. The van der Waals surface area contributed by atoms with Crippen LogP contribution in [0.25, 0.3) is 5.57 Å². The molecule has 1 aliphatic heterocycles. The molecule has 3 rings (SSSR count). The van der Waals surface area contributed by atoms with E-state index in [4.69, 9.17) is 11.6 Å². The summed E-state index contributed by atoms with van der Waals surface area (Å²) < 4.78 is 0. The van der Waals surface area contributed by atoms with E-state index < -0.39 is 0 Å². The number of anilines is 1. The van der Waals surface area contributed by atoms with E-state index in [1.165, 1.54) is 0 Å². The van der Waals surface area contributed by atoms with E-state index in [1.807, 2.05) is 0 Å². The minimum Gasteiger partial charge on any atom is -0.321 e. The number of allylic oxidation sites excluding steroid dienone is 1. The van der Waals surface area contributed by atoms with Crippen molar-refractivity contribution in [2.75, 3.05) is 5.32 Å². The lowest BCUT2D eigenvalue weighted by Crippen LogP contribution is -2.14. The summed E-state index contributed by atoms with van der Waals surface area (Å²) in [6.07, 6.45) is 3.11. The van der Waals surface area contributed by atoms with Crippen LogP contribution in [0.4, 0.5) is 5.69 Å². The molecule has 0 spiro atoms. The molecule has 4 heteroatoms. The Bertz CT molecular complexity index is 589. The van der Waals surface area contributed by atoms with E-state index in [1.54, 1.807) is 18.2 Å². The van der Waals surface area contributed by atoms with E-state index in [0.29, 0.717) is 29.0 Å². The second-order valence-electron chi connectivity index (χ2n) is 4.63. The maximum Gasteiger partial charge on any atom is 0.256 e. The first kappa shape index (κ1) is 11.5. The molecule has 1 aromatic carbocycles. The van der Waals surface area contributed by atoms with Gasteiger partial charge in [-0.15, -0.1) is 0 Å². The maximum absolute atomic E-state index is 12.0. The molecule has 0 unspecified atom stereocenters. The zero-order valence-corrected chi connectivity index (χ0v) is 10.5. The van der Waals surface area contributed by atoms with Gasteiger partial charge in [0.15, 0.2) is 5.78 Å². The SMILES string of the molecule is O=C1CCCC/C1=C1\C(=O)Nc2ccc(Cl)cc21. The summed E-state index contributed by atoms with van der Waals surface area (Å²) in [5.41, 5.74) is 2.69. The van der Waals surface area contributed by atoms with Crippen molar-refractivity contribution in [2.45, 2.75) is 25.7 Å². The fourth-order valence-corrected chi connectivity index (χ4v) is 2.75. The van der Waals surface area contributed by atoms with Crippen LogP contribution in [0.5, 0.6) is 0 Å². The van der Waals surface area contributed by atoms with Crippen LogP contribution in [0.1, 0.15) is 31.2 Å². The monoisotopic (exact) mass is 261 g/mol. The summed E-state index contributed by atoms with van der Waals surface area (Å²) in [5.74, 6) is -0.0863. The van der Waals surface area contributed by atoms with Crippen molar-refractivity contribution in [3.63, 3.8) is 0 Å². The Hall–Kier alpha value is -1.61. The molecule has 1 fully saturated rings. The molecule has 1 aliphatic carbocycles. The number of carbonyl (C=O) groups is 2. The molecule has 1 amide bonds. The third-order valence-corrected chi connectivity index (χ3v) is 3.68. The topological polar surface area (TPSA) is 46.2 Å². The third-order valence-electron chi connectivity index (χ3n) is 3.45. The van der Waals surface area contributed by atoms with Crippen LogP contribution >= 0.6 is 11.6 Å². The minimum absolute atomic E-state index is 0.0965. The molecule has 18 heavy (non-hydrogen) atoms. The van der Waals surface area contributed by atoms with E-state index >= 15 is 0 Å². The Balaban J connectivity index is 2.18. The number of ketones is 1. The lowest BCUT2D eigenvalue weighted by molar-refractivity contribution is -0.117. The molecule has 92 valence electrons. The highest BCUT2D eigenvalue weighted by Crippen LogP contribution is 2.38. The first-order valence-electron chi connectivity index (χ1n) is 6.04. The van der Waals surface area contributed by atoms with Gasteiger partial charge in [-0.1, -0.05) is 11.6 Å². The first-order chi connectivity index (χ1) is 8.66. The van der Waals surface area contributed by atoms with Crippen LogP contribution in [-0.2, 0) is 9.59 Å². The summed E-state index contributed by atoms with van der Waals surface area (Å²) in [7, 11) is 0. The van der Waals surface area contributed by atoms with Crippen LogP contribution in [0, 0.1) is 0 Å². The number of halogens is 1. The Morgan fingerprint density at radius 1 is 1.11 bits per heavy atom. The van der Waals surface area contributed by atoms with Crippen molar-refractivity contribution in [3.05, 3.63) is 34.4 Å². The highest BCUT2D eigenvalue weighted by atomic mass is 35.5. The number of nitrogens with one attached hydrogen (secondary N) is 1. The second-order valence-corrected chi connectivity index (χ2v) is 5.06. The molecule has 0 saturated heterocycles. The van der Waals surface area contributed by atoms with Crippen LogP contribution in [0.3, 0.4) is 0 Å². The molecule has 1 aromatic rings. The van der Waals surface area contributed by atoms with Crippen molar-refractivity contribution in [1.82, 2.24) is 0 Å². The van der Waals surface area contributed by atoms with Gasteiger partial charge in [0.2, 0.25) is 0 Å². The molecule has 0 aromatic heterocycles. The van der Waals surface area contributed by atoms with E-state index in [0.717, 1.165) is 24.1 Å². The van der Waals surface area contributed by atoms with Crippen molar-refractivity contribution in [2.24, 2.45) is 0 Å². The number of fused-ring (bicyclic) bond motifs is 1. The maximum atomic E-state index is 12.0. The van der Waals surface area contributed by atoms with Crippen molar-refractivity contribution in [3.8, 4) is 0 Å². The van der Waals surface area contributed by atoms with Gasteiger partial charge in [-0.25, -0.2) is 0 Å². The van der Waals surface area contributed by atoms with Crippen LogP contribution in [-0.4, -0.2) is 11.7 Å². The van der Waals surface area contributed by atoms with Gasteiger partial charge in [-0.2, -0.15) is 0 Å². The quantitative estimate of drug-likeness (QED) is 0.729. The van der Waals surface area contributed by atoms with Gasteiger partial charge in [-0.05, 0) is 37.5 Å². The van der Waals surface area contributed by atoms with E-state index in [-0.39, 0.29) is 11.7 Å². The molecule has 2 aliphatic rings. The number of hydrogen-bond donors (Lipinski definition) is 1. The van der Waals surface area contributed by atoms with Gasteiger partial charge in [0.05, 0.1) is 5.57 Å². The van der Waals surface area contributed by atoms with Gasteiger partial charge >= 0.3 is 0 Å². The van der Waals surface area contributed by atoms with Gasteiger partial charge in [0.25, 0.3) is 5.91 Å². The smallest absolute Gasteiger partial charge is 0.256 e. The first-order valence-corrected chi connectivity index (χ1v) is 6.42. The number of Topliss-reactive ketones (excluding diaryl/α,β-unsaturated/α-hetero) is 1. The van der Waals surface area contributed by atoms with Gasteiger partial charge in [0, 0.05) is 28.3 Å². The number of hydrogen-bond acceptors (Lipinski definition) is 2. The molecule has 1 N–H and O–H groups in total. The highest BCUT2D eigenvalue weighted by molar-refractivity contribution is 6.37. The van der Waals surface area contributed by atoms with Crippen molar-refractivity contribution in [1.29, 1.82) is 0 Å². The summed E-state index contributed by atoms with van der Waals surface area (Å²) in [6, 6.07) is 5.26. The molecule has 1 heterocycles. The Kier molecular flexibility index (Phi) is 2.71. The molecule has 0 atom stereocenters. The van der Waals surface area contributed by atoms with Crippen LogP contribution < -0.4 is 5.32 Å². The predicted molar refractivity (Wildman–Crippen MR) is 70.5 cm³/mol. The molecule has 0 bridgehead atoms. The van der Waals surface area contributed by atoms with Crippen molar-refractivity contribution >= 4 is 34.6 Å². The van der Waals surface area contributed by atoms with E-state index in [9.17, 15) is 9.59 Å². The number of amides is 1. The predicted octanol–water partition coefficient (Wildman–Crippen LogP) is 3.19. The summed E-state index contributed by atoms with van der Waals surface area (Å²) in [4.78, 5) is 24.0. The lowest BCUT2D eigenvalue weighted by atomic mass is 9.88. The summed E-state index contributed by atoms with van der Waals surface area (Å²) in [5, 5.41) is 3.36. The Morgan fingerprint density at radius 3 is 2.67 bits per heavy atom. The zero-order chi connectivity index (χ0) is 12.7. The summed E-state index contributed by atoms with van der Waals surface area (Å²) >= 11 is 5.97. The average Bonchev–Trinajstić information content (AvgIpc) is 2.66. The normalized spacial score (nSPS) is 22.9. The van der Waals surface area contributed by atoms with Crippen LogP contribution in [0.2, 0.25) is 5.02 Å². The number of benzene rings is 1. The number of rotatable bonds is 0. The molecular formula is C14H12ClNO2. The standard InChI is InChI=1S/C14H12ClNO2/c15-8-5-6-11-10(7-8)13(14(18)16-11)9-3-1-2-4-12(9)17/h5-7H,1-4H2,(H,16,18)/b13-9+. The summed E-state index contributed by atoms with van der Waals surface area (Å²) in [6.45, 7) is 0. The van der Waals surface area contributed by atoms with Gasteiger partial charge in [0.1, 0.15) is 0 Å². The van der Waals surface area contributed by atoms with Gasteiger partial charge in [-0.3, -0.25) is 9.59 Å². The number of carbonyl (C=O) groups excluding carboxylic acids is 2. The largest absolute Gasteiger partial charge is 0.321 e. The molecule has 1 saturated carbocycles.